The molecule has 0 atom stereocenters. The second-order valence-electron chi connectivity index (χ2n) is 6.29. The monoisotopic (exact) mass is 336 g/mol. The molecule has 0 radical (unpaired) electrons. The summed E-state index contributed by atoms with van der Waals surface area (Å²) in [4.78, 5) is 4.62. The van der Waals surface area contributed by atoms with Gasteiger partial charge >= 0.3 is 0 Å². The number of aliphatic imine (C=N–C) groups is 1. The highest BCUT2D eigenvalue weighted by Gasteiger charge is 2.02. The van der Waals surface area contributed by atoms with E-state index in [1.165, 1.54) is 16.8 Å². The number of hydrogen-bond donors (Lipinski definition) is 0. The van der Waals surface area contributed by atoms with Crippen LogP contribution < -0.4 is 0 Å². The van der Waals surface area contributed by atoms with Crippen LogP contribution in [0.3, 0.4) is 0 Å². The summed E-state index contributed by atoms with van der Waals surface area (Å²) in [6, 6.07) is 31.2. The first kappa shape index (κ1) is 16.1. The van der Waals surface area contributed by atoms with Gasteiger partial charge in [-0.15, -0.1) is 0 Å². The standard InChI is InChI=1S/C24H20N2/c1-19-16-20(18-26(19)24-10-6-3-7-11-24)17-25-23-14-12-22(13-15-23)21-8-4-2-5-9-21/h2-18H,1H3. The predicted octanol–water partition coefficient (Wildman–Crippen LogP) is 6.20. The van der Waals surface area contributed by atoms with E-state index < -0.39 is 0 Å². The lowest BCUT2D eigenvalue weighted by atomic mass is 10.1. The second-order valence-corrected chi connectivity index (χ2v) is 6.29. The molecule has 0 bridgehead atoms. The summed E-state index contributed by atoms with van der Waals surface area (Å²) in [6.45, 7) is 2.11. The largest absolute Gasteiger partial charge is 0.321 e. The Hall–Kier alpha value is -3.39. The van der Waals surface area contributed by atoms with Crippen molar-refractivity contribution in [1.82, 2.24) is 4.57 Å². The zero-order valence-corrected chi connectivity index (χ0v) is 14.7. The first-order valence-electron chi connectivity index (χ1n) is 8.73. The van der Waals surface area contributed by atoms with Crippen molar-refractivity contribution < 1.29 is 0 Å². The van der Waals surface area contributed by atoms with E-state index in [1.54, 1.807) is 0 Å². The molecule has 0 aliphatic heterocycles. The maximum atomic E-state index is 4.62. The third-order valence-corrected chi connectivity index (χ3v) is 4.41. The number of aryl methyl sites for hydroxylation is 1. The van der Waals surface area contributed by atoms with Crippen LogP contribution in [-0.4, -0.2) is 10.8 Å². The van der Waals surface area contributed by atoms with Gasteiger partial charge in [-0.25, -0.2) is 0 Å². The Morgan fingerprint density at radius 2 is 1.35 bits per heavy atom. The van der Waals surface area contributed by atoms with Gasteiger partial charge < -0.3 is 4.57 Å². The van der Waals surface area contributed by atoms with Crippen molar-refractivity contribution in [1.29, 1.82) is 0 Å². The van der Waals surface area contributed by atoms with E-state index in [9.17, 15) is 0 Å². The van der Waals surface area contributed by atoms with Crippen LogP contribution in [0, 0.1) is 6.92 Å². The number of hydrogen-bond acceptors (Lipinski definition) is 1. The van der Waals surface area contributed by atoms with Gasteiger partial charge in [0.2, 0.25) is 0 Å². The number of nitrogens with zero attached hydrogens (tertiary/aromatic N) is 2. The smallest absolute Gasteiger partial charge is 0.0630 e. The molecule has 0 amide bonds. The Balaban J connectivity index is 1.54. The lowest BCUT2D eigenvalue weighted by molar-refractivity contribution is 1.02. The molecule has 0 fully saturated rings. The van der Waals surface area contributed by atoms with Crippen LogP contribution in [-0.2, 0) is 0 Å². The molecule has 0 unspecified atom stereocenters. The molecule has 0 spiro atoms. The molecule has 0 aliphatic rings. The summed E-state index contributed by atoms with van der Waals surface area (Å²) in [5, 5.41) is 0. The normalized spacial score (nSPS) is 11.1. The average Bonchev–Trinajstić information content (AvgIpc) is 3.09. The van der Waals surface area contributed by atoms with E-state index in [4.69, 9.17) is 0 Å². The van der Waals surface area contributed by atoms with Crippen molar-refractivity contribution in [2.75, 3.05) is 0 Å². The molecule has 126 valence electrons. The number of rotatable bonds is 4. The van der Waals surface area contributed by atoms with E-state index in [1.807, 2.05) is 18.3 Å². The van der Waals surface area contributed by atoms with Crippen LogP contribution in [0.5, 0.6) is 0 Å². The molecule has 2 nitrogen and oxygen atoms in total. The minimum Gasteiger partial charge on any atom is -0.321 e. The lowest BCUT2D eigenvalue weighted by Crippen LogP contribution is -1.93. The van der Waals surface area contributed by atoms with Crippen molar-refractivity contribution >= 4 is 11.9 Å². The van der Waals surface area contributed by atoms with Gasteiger partial charge in [0.15, 0.2) is 0 Å². The third kappa shape index (κ3) is 3.50. The van der Waals surface area contributed by atoms with Crippen LogP contribution in [0.25, 0.3) is 16.8 Å². The second kappa shape index (κ2) is 7.24. The van der Waals surface area contributed by atoms with Crippen molar-refractivity contribution in [3.05, 3.63) is 108 Å². The molecule has 1 heterocycles. The van der Waals surface area contributed by atoms with E-state index >= 15 is 0 Å². The van der Waals surface area contributed by atoms with Crippen molar-refractivity contribution in [3.8, 4) is 16.8 Å². The molecule has 4 aromatic rings. The zero-order valence-electron chi connectivity index (χ0n) is 14.7. The summed E-state index contributed by atoms with van der Waals surface area (Å²) in [6.07, 6.45) is 4.04. The molecule has 3 aromatic carbocycles. The van der Waals surface area contributed by atoms with Crippen LogP contribution in [0.15, 0.2) is 102 Å². The molecular formula is C24H20N2. The summed E-state index contributed by atoms with van der Waals surface area (Å²) >= 11 is 0. The molecule has 4 rings (SSSR count). The maximum absolute atomic E-state index is 4.62. The number of benzene rings is 3. The van der Waals surface area contributed by atoms with Crippen molar-refractivity contribution in [2.45, 2.75) is 6.92 Å². The highest BCUT2D eigenvalue weighted by atomic mass is 15.0. The molecule has 1 aromatic heterocycles. The molecule has 0 saturated carbocycles. The van der Waals surface area contributed by atoms with Crippen LogP contribution in [0.1, 0.15) is 11.3 Å². The van der Waals surface area contributed by atoms with Crippen molar-refractivity contribution in [3.63, 3.8) is 0 Å². The van der Waals surface area contributed by atoms with Gasteiger partial charge in [0, 0.05) is 29.4 Å². The quantitative estimate of drug-likeness (QED) is 0.395. The molecule has 0 N–H and O–H groups in total. The molecule has 26 heavy (non-hydrogen) atoms. The van der Waals surface area contributed by atoms with Crippen LogP contribution in [0.2, 0.25) is 0 Å². The van der Waals surface area contributed by atoms with E-state index in [0.717, 1.165) is 16.9 Å². The number of para-hydroxylation sites is 1. The van der Waals surface area contributed by atoms with Gasteiger partial charge in [-0.2, -0.15) is 0 Å². The first-order chi connectivity index (χ1) is 12.8. The Bertz CT molecular complexity index is 1010. The predicted molar refractivity (Wildman–Crippen MR) is 110 cm³/mol. The third-order valence-electron chi connectivity index (χ3n) is 4.41. The van der Waals surface area contributed by atoms with Crippen molar-refractivity contribution in [2.24, 2.45) is 4.99 Å². The SMILES string of the molecule is Cc1cc(C=Nc2ccc(-c3ccccc3)cc2)cn1-c1ccccc1. The summed E-state index contributed by atoms with van der Waals surface area (Å²) in [7, 11) is 0. The van der Waals surface area contributed by atoms with Gasteiger partial charge in [0.25, 0.3) is 0 Å². The molecule has 2 heteroatoms. The minimum absolute atomic E-state index is 0.954. The molecule has 0 saturated heterocycles. The fourth-order valence-corrected chi connectivity index (χ4v) is 3.06. The van der Waals surface area contributed by atoms with Gasteiger partial charge in [0.05, 0.1) is 5.69 Å². The fraction of sp³-hybridized carbons (Fsp3) is 0.0417. The first-order valence-corrected chi connectivity index (χ1v) is 8.73. The Morgan fingerprint density at radius 3 is 2.04 bits per heavy atom. The highest BCUT2D eigenvalue weighted by molar-refractivity contribution is 5.82. The minimum atomic E-state index is 0.954. The van der Waals surface area contributed by atoms with E-state index in [0.29, 0.717) is 0 Å². The van der Waals surface area contributed by atoms with Gasteiger partial charge in [-0.05, 0) is 48.4 Å². The zero-order chi connectivity index (χ0) is 17.8. The summed E-state index contributed by atoms with van der Waals surface area (Å²) < 4.78 is 2.18. The Kier molecular flexibility index (Phi) is 4.48. The Labute approximate surface area is 154 Å². The maximum Gasteiger partial charge on any atom is 0.0630 e. The molecular weight excluding hydrogens is 316 g/mol. The van der Waals surface area contributed by atoms with E-state index in [2.05, 4.69) is 102 Å². The number of aromatic nitrogens is 1. The summed E-state index contributed by atoms with van der Waals surface area (Å²) in [5.41, 5.74) is 6.83. The topological polar surface area (TPSA) is 17.3 Å². The molecule has 0 aliphatic carbocycles. The highest BCUT2D eigenvalue weighted by Crippen LogP contribution is 2.22. The van der Waals surface area contributed by atoms with E-state index in [-0.39, 0.29) is 0 Å². The lowest BCUT2D eigenvalue weighted by Gasteiger charge is -2.04. The fourth-order valence-electron chi connectivity index (χ4n) is 3.06. The van der Waals surface area contributed by atoms with Gasteiger partial charge in [-0.3, -0.25) is 4.99 Å². The van der Waals surface area contributed by atoms with Gasteiger partial charge in [-0.1, -0.05) is 60.7 Å². The average molecular weight is 336 g/mol. The summed E-state index contributed by atoms with van der Waals surface area (Å²) in [5.74, 6) is 0. The Morgan fingerprint density at radius 1 is 0.731 bits per heavy atom. The van der Waals surface area contributed by atoms with Gasteiger partial charge in [0.1, 0.15) is 0 Å². The van der Waals surface area contributed by atoms with Crippen LogP contribution in [0.4, 0.5) is 5.69 Å². The van der Waals surface area contributed by atoms with Crippen LogP contribution >= 0.6 is 0 Å².